The van der Waals surface area contributed by atoms with E-state index in [1.54, 1.807) is 0 Å². The second kappa shape index (κ2) is 6.16. The summed E-state index contributed by atoms with van der Waals surface area (Å²) in [7, 11) is -10.8. The SMILES string of the molecule is O=S(=O)([O-])F.O=S(=O)([O-])F.[Pb+2]. The van der Waals surface area contributed by atoms with Crippen molar-refractivity contribution in [1.29, 1.82) is 0 Å². The number of hydrogen-bond acceptors (Lipinski definition) is 6. The van der Waals surface area contributed by atoms with Crippen LogP contribution in [0.25, 0.3) is 0 Å². The monoisotopic (exact) mass is 406 g/mol. The van der Waals surface area contributed by atoms with E-state index in [4.69, 9.17) is 25.9 Å². The van der Waals surface area contributed by atoms with Gasteiger partial charge >= 0.3 is 27.3 Å². The van der Waals surface area contributed by atoms with Gasteiger partial charge in [0.15, 0.2) is 0 Å². The molecule has 0 aliphatic rings. The molecule has 0 aromatic rings. The van der Waals surface area contributed by atoms with Crippen LogP contribution in [0.2, 0.25) is 0 Å². The zero-order chi connectivity index (χ0) is 9.00. The summed E-state index contributed by atoms with van der Waals surface area (Å²) in [5, 5.41) is 0. The minimum Gasteiger partial charge on any atom is -0.722 e. The quantitative estimate of drug-likeness (QED) is 0.274. The first kappa shape index (κ1) is 17.6. The second-order valence-corrected chi connectivity index (χ2v) is 2.36. The van der Waals surface area contributed by atoms with Crippen LogP contribution in [-0.2, 0) is 21.0 Å². The Balaban J connectivity index is -0.000000107. The summed E-state index contributed by atoms with van der Waals surface area (Å²) in [6, 6.07) is 0. The van der Waals surface area contributed by atoms with Gasteiger partial charge in [0, 0.05) is 0 Å². The van der Waals surface area contributed by atoms with Crippen LogP contribution in [0.5, 0.6) is 0 Å². The first-order valence-electron chi connectivity index (χ1n) is 1.31. The molecule has 0 amide bonds. The van der Waals surface area contributed by atoms with Crippen molar-refractivity contribution in [3.63, 3.8) is 0 Å². The van der Waals surface area contributed by atoms with Crippen LogP contribution in [0.3, 0.4) is 0 Å². The fourth-order valence-corrected chi connectivity index (χ4v) is 0. The van der Waals surface area contributed by atoms with E-state index in [0.717, 1.165) is 0 Å². The van der Waals surface area contributed by atoms with E-state index in [9.17, 15) is 7.77 Å². The maximum absolute atomic E-state index is 10.1. The normalized spacial score (nSPS) is 10.5. The Labute approximate surface area is 81.8 Å². The van der Waals surface area contributed by atoms with Crippen molar-refractivity contribution in [2.45, 2.75) is 0 Å². The number of rotatable bonds is 0. The zero-order valence-electron chi connectivity index (χ0n) is 4.52. The molecule has 0 saturated carbocycles. The van der Waals surface area contributed by atoms with Crippen LogP contribution in [0.15, 0.2) is 0 Å². The zero-order valence-corrected chi connectivity index (χ0v) is 10.0. The van der Waals surface area contributed by atoms with Crippen molar-refractivity contribution >= 4 is 48.3 Å². The van der Waals surface area contributed by atoms with Gasteiger partial charge in [-0.3, -0.25) is 0 Å². The standard InChI is InChI=1S/2FHO3S.Pb/c2*1-5(2,3)4;/h2*(H,2,3,4);/q;;+2/p-2. The van der Waals surface area contributed by atoms with Crippen LogP contribution in [-0.4, -0.2) is 53.2 Å². The maximum Gasteiger partial charge on any atom is 2.00 e. The third-order valence-corrected chi connectivity index (χ3v) is 0. The van der Waals surface area contributed by atoms with Crippen LogP contribution in [0, 0.1) is 0 Å². The molecule has 0 N–H and O–H groups in total. The van der Waals surface area contributed by atoms with Crippen molar-refractivity contribution in [3.8, 4) is 0 Å². The molecule has 0 atom stereocenters. The average Bonchev–Trinajstić information content (AvgIpc) is 1.12. The number of hydrogen-bond donors (Lipinski definition) is 0. The third kappa shape index (κ3) is 2160. The van der Waals surface area contributed by atoms with E-state index >= 15 is 0 Å². The van der Waals surface area contributed by atoms with Crippen molar-refractivity contribution in [2.24, 2.45) is 0 Å². The summed E-state index contributed by atoms with van der Waals surface area (Å²) >= 11 is 0. The largest absolute Gasteiger partial charge is 2.00 e. The van der Waals surface area contributed by atoms with Gasteiger partial charge in [-0.2, -0.15) is 0 Å². The third-order valence-electron chi connectivity index (χ3n) is 0. The molecule has 66 valence electrons. The Bertz CT molecular complexity index is 215. The van der Waals surface area contributed by atoms with Crippen molar-refractivity contribution < 1.29 is 33.7 Å². The molecular formula is F2O6PbS2. The Morgan fingerprint density at radius 3 is 0.818 bits per heavy atom. The van der Waals surface area contributed by atoms with Crippen molar-refractivity contribution in [2.75, 3.05) is 0 Å². The van der Waals surface area contributed by atoms with Gasteiger partial charge in [-0.15, -0.1) is 7.77 Å². The molecule has 0 rings (SSSR count). The summed E-state index contributed by atoms with van der Waals surface area (Å²) < 4.78 is 70.7. The molecule has 0 aromatic heterocycles. The first-order valence-corrected chi connectivity index (χ1v) is 3.93. The minimum absolute atomic E-state index is 0. The molecule has 0 spiro atoms. The Kier molecular flexibility index (Phi) is 9.86. The van der Waals surface area contributed by atoms with Crippen LogP contribution in [0.1, 0.15) is 0 Å². The van der Waals surface area contributed by atoms with Gasteiger partial charge in [0.2, 0.25) is 0 Å². The first-order chi connectivity index (χ1) is 4.00. The van der Waals surface area contributed by atoms with Gasteiger partial charge in [-0.05, 0) is 0 Å². The van der Waals surface area contributed by atoms with Gasteiger partial charge in [0.1, 0.15) is 0 Å². The summed E-state index contributed by atoms with van der Waals surface area (Å²) in [5.74, 6) is 0. The smallest absolute Gasteiger partial charge is 0.722 e. The summed E-state index contributed by atoms with van der Waals surface area (Å²) in [6.07, 6.45) is 0. The van der Waals surface area contributed by atoms with E-state index < -0.39 is 21.0 Å². The fraction of sp³-hybridized carbons (Fsp3) is 0. The fourth-order valence-electron chi connectivity index (χ4n) is 0. The van der Waals surface area contributed by atoms with E-state index in [-0.39, 0.29) is 27.3 Å². The molecular weight excluding hydrogens is 405 g/mol. The van der Waals surface area contributed by atoms with Gasteiger partial charge in [0.05, 0.1) is 0 Å². The minimum atomic E-state index is -5.42. The summed E-state index contributed by atoms with van der Waals surface area (Å²) in [5.41, 5.74) is 0. The molecule has 0 saturated heterocycles. The van der Waals surface area contributed by atoms with Crippen LogP contribution < -0.4 is 0 Å². The molecule has 0 aliphatic carbocycles. The van der Waals surface area contributed by atoms with E-state index in [1.165, 1.54) is 0 Å². The topological polar surface area (TPSA) is 114 Å². The Morgan fingerprint density at radius 1 is 0.818 bits per heavy atom. The van der Waals surface area contributed by atoms with E-state index in [0.29, 0.717) is 0 Å². The molecule has 0 unspecified atom stereocenters. The van der Waals surface area contributed by atoms with Crippen LogP contribution >= 0.6 is 0 Å². The molecule has 11 heavy (non-hydrogen) atoms. The maximum atomic E-state index is 10.1. The summed E-state index contributed by atoms with van der Waals surface area (Å²) in [6.45, 7) is 0. The predicted octanol–water partition coefficient (Wildman–Crippen LogP) is -1.55. The average molecular weight is 405 g/mol. The van der Waals surface area contributed by atoms with Gasteiger partial charge in [-0.25, -0.2) is 16.8 Å². The number of halogens is 2. The van der Waals surface area contributed by atoms with E-state index in [2.05, 4.69) is 0 Å². The molecule has 0 heterocycles. The molecule has 0 aromatic carbocycles. The summed E-state index contributed by atoms with van der Waals surface area (Å²) in [4.78, 5) is 0. The molecule has 0 fully saturated rings. The van der Waals surface area contributed by atoms with Crippen LogP contribution in [0.4, 0.5) is 7.77 Å². The van der Waals surface area contributed by atoms with E-state index in [1.807, 2.05) is 0 Å². The van der Waals surface area contributed by atoms with Gasteiger partial charge < -0.3 is 9.11 Å². The Hall–Kier alpha value is 0.602. The van der Waals surface area contributed by atoms with Crippen molar-refractivity contribution in [3.05, 3.63) is 0 Å². The molecule has 0 aliphatic heterocycles. The molecule has 11 heteroatoms. The van der Waals surface area contributed by atoms with Gasteiger partial charge in [-0.1, -0.05) is 0 Å². The van der Waals surface area contributed by atoms with Crippen molar-refractivity contribution in [1.82, 2.24) is 0 Å². The second-order valence-electron chi connectivity index (χ2n) is 0.786. The molecule has 2 radical (unpaired) electrons. The molecule has 6 nitrogen and oxygen atoms in total. The van der Waals surface area contributed by atoms with Gasteiger partial charge in [0.25, 0.3) is 21.0 Å². The Morgan fingerprint density at radius 2 is 0.818 bits per heavy atom. The predicted molar refractivity (Wildman–Crippen MR) is 27.4 cm³/mol. The molecule has 0 bridgehead atoms.